The summed E-state index contributed by atoms with van der Waals surface area (Å²) in [5.74, 6) is -2.95. The maximum atomic E-state index is 13.8. The minimum Gasteiger partial charge on any atom is -0.480 e. The molecule has 0 aromatic heterocycles. The van der Waals surface area contributed by atoms with Gasteiger partial charge >= 0.3 is 5.97 Å². The van der Waals surface area contributed by atoms with Crippen molar-refractivity contribution in [3.8, 4) is 0 Å². The third-order valence-electron chi connectivity index (χ3n) is 3.74. The van der Waals surface area contributed by atoms with Crippen LogP contribution in [-0.2, 0) is 10.3 Å². The van der Waals surface area contributed by atoms with Crippen LogP contribution in [0.1, 0.15) is 38.2 Å². The predicted octanol–water partition coefficient (Wildman–Crippen LogP) is 2.80. The van der Waals surface area contributed by atoms with Gasteiger partial charge in [-0.05, 0) is 31.9 Å². The van der Waals surface area contributed by atoms with Crippen molar-refractivity contribution in [1.82, 2.24) is 5.32 Å². The van der Waals surface area contributed by atoms with Crippen molar-refractivity contribution in [1.29, 1.82) is 0 Å². The molecule has 3 nitrogen and oxygen atoms in total. The summed E-state index contributed by atoms with van der Waals surface area (Å²) in [5, 5.41) is 12.3. The van der Waals surface area contributed by atoms with Crippen LogP contribution in [-0.4, -0.2) is 17.1 Å². The van der Waals surface area contributed by atoms with Gasteiger partial charge in [-0.15, -0.1) is 0 Å². The van der Waals surface area contributed by atoms with Gasteiger partial charge < -0.3 is 5.11 Å². The van der Waals surface area contributed by atoms with Crippen LogP contribution in [0, 0.1) is 11.6 Å². The van der Waals surface area contributed by atoms with Crippen molar-refractivity contribution in [3.63, 3.8) is 0 Å². The lowest BCUT2D eigenvalue weighted by molar-refractivity contribution is -0.145. The number of carboxylic acids is 1. The number of hydrogen-bond acceptors (Lipinski definition) is 2. The van der Waals surface area contributed by atoms with E-state index in [1.54, 1.807) is 0 Å². The van der Waals surface area contributed by atoms with Gasteiger partial charge in [0.1, 0.15) is 17.2 Å². The van der Waals surface area contributed by atoms with E-state index in [1.807, 2.05) is 0 Å². The lowest BCUT2D eigenvalue weighted by Gasteiger charge is -2.30. The van der Waals surface area contributed by atoms with Crippen LogP contribution in [0.15, 0.2) is 18.2 Å². The van der Waals surface area contributed by atoms with Gasteiger partial charge in [0.15, 0.2) is 0 Å². The van der Waals surface area contributed by atoms with Gasteiger partial charge in [0, 0.05) is 6.04 Å². The molecule has 1 aliphatic carbocycles. The van der Waals surface area contributed by atoms with E-state index in [2.05, 4.69) is 5.32 Å². The highest BCUT2D eigenvalue weighted by Crippen LogP contribution is 2.30. The van der Waals surface area contributed by atoms with Gasteiger partial charge in [0.2, 0.25) is 0 Å². The summed E-state index contributed by atoms with van der Waals surface area (Å²) in [6, 6.07) is 3.37. The first-order chi connectivity index (χ1) is 8.95. The van der Waals surface area contributed by atoms with Gasteiger partial charge in [-0.2, -0.15) is 0 Å². The maximum absolute atomic E-state index is 13.8. The van der Waals surface area contributed by atoms with E-state index in [9.17, 15) is 18.7 Å². The molecule has 0 amide bonds. The molecule has 1 aliphatic rings. The lowest BCUT2D eigenvalue weighted by Crippen LogP contribution is -2.51. The smallest absolute Gasteiger partial charge is 0.328 e. The largest absolute Gasteiger partial charge is 0.480 e. The Morgan fingerprint density at radius 1 is 1.32 bits per heavy atom. The third-order valence-corrected chi connectivity index (χ3v) is 3.74. The van der Waals surface area contributed by atoms with Gasteiger partial charge in [0.25, 0.3) is 0 Å². The third kappa shape index (κ3) is 2.61. The summed E-state index contributed by atoms with van der Waals surface area (Å²) in [5.41, 5.74) is -2.17. The molecule has 0 radical (unpaired) electrons. The first-order valence-corrected chi connectivity index (χ1v) is 6.40. The minimum absolute atomic E-state index is 0.0138. The Morgan fingerprint density at radius 3 is 2.32 bits per heavy atom. The maximum Gasteiger partial charge on any atom is 0.328 e. The van der Waals surface area contributed by atoms with E-state index >= 15 is 0 Å². The fourth-order valence-electron chi connectivity index (χ4n) is 2.69. The van der Waals surface area contributed by atoms with Crippen molar-refractivity contribution in [2.75, 3.05) is 0 Å². The van der Waals surface area contributed by atoms with Crippen LogP contribution < -0.4 is 5.32 Å². The quantitative estimate of drug-likeness (QED) is 0.883. The molecule has 19 heavy (non-hydrogen) atoms. The van der Waals surface area contributed by atoms with Crippen LogP contribution in [0.2, 0.25) is 0 Å². The van der Waals surface area contributed by atoms with Crippen LogP contribution >= 0.6 is 0 Å². The first kappa shape index (κ1) is 13.9. The molecule has 1 atom stereocenters. The summed E-state index contributed by atoms with van der Waals surface area (Å²) in [4.78, 5) is 11.5. The second-order valence-corrected chi connectivity index (χ2v) is 5.15. The number of carbonyl (C=O) groups is 1. The monoisotopic (exact) mass is 269 g/mol. The number of hydrogen-bond donors (Lipinski definition) is 2. The second kappa shape index (κ2) is 5.25. The number of aliphatic carboxylic acids is 1. The average molecular weight is 269 g/mol. The van der Waals surface area contributed by atoms with Crippen LogP contribution in [0.4, 0.5) is 8.78 Å². The zero-order valence-corrected chi connectivity index (χ0v) is 10.7. The van der Waals surface area contributed by atoms with Crippen molar-refractivity contribution in [3.05, 3.63) is 35.4 Å². The summed E-state index contributed by atoms with van der Waals surface area (Å²) in [6.07, 6.45) is 3.68. The Hall–Kier alpha value is -1.49. The molecular weight excluding hydrogens is 252 g/mol. The summed E-state index contributed by atoms with van der Waals surface area (Å²) in [6.45, 7) is 1.31. The second-order valence-electron chi connectivity index (χ2n) is 5.15. The predicted molar refractivity (Wildman–Crippen MR) is 66.7 cm³/mol. The molecule has 0 spiro atoms. The van der Waals surface area contributed by atoms with Crippen molar-refractivity contribution < 1.29 is 18.7 Å². The zero-order valence-electron chi connectivity index (χ0n) is 10.7. The number of benzene rings is 1. The molecule has 0 aliphatic heterocycles. The molecule has 1 unspecified atom stereocenters. The van der Waals surface area contributed by atoms with E-state index in [0.29, 0.717) is 0 Å². The fourth-order valence-corrected chi connectivity index (χ4v) is 2.69. The lowest BCUT2D eigenvalue weighted by atomic mass is 9.89. The number of halogens is 2. The summed E-state index contributed by atoms with van der Waals surface area (Å²) >= 11 is 0. The Bertz CT molecular complexity index is 466. The van der Waals surface area contributed by atoms with Gasteiger partial charge in [-0.1, -0.05) is 18.9 Å². The standard InChI is InChI=1S/C14H17F2NO2/c1-14(13(18)19,17-9-5-2-3-6-9)12-10(15)7-4-8-11(12)16/h4,7-9,17H,2-3,5-6H2,1H3,(H,18,19). The summed E-state index contributed by atoms with van der Waals surface area (Å²) < 4.78 is 27.7. The molecule has 1 fully saturated rings. The van der Waals surface area contributed by atoms with Crippen molar-refractivity contribution in [2.24, 2.45) is 0 Å². The van der Waals surface area contributed by atoms with Gasteiger partial charge in [-0.3, -0.25) is 5.32 Å². The topological polar surface area (TPSA) is 49.3 Å². The Kier molecular flexibility index (Phi) is 3.85. The molecule has 104 valence electrons. The Morgan fingerprint density at radius 2 is 1.84 bits per heavy atom. The highest BCUT2D eigenvalue weighted by molar-refractivity contribution is 5.80. The molecule has 2 rings (SSSR count). The van der Waals surface area contributed by atoms with Gasteiger partial charge in [0.05, 0.1) is 5.56 Å². The Balaban J connectivity index is 2.40. The zero-order chi connectivity index (χ0) is 14.0. The SMILES string of the molecule is CC(NC1CCCC1)(C(=O)O)c1c(F)cccc1F. The molecule has 0 saturated heterocycles. The molecule has 0 bridgehead atoms. The minimum atomic E-state index is -1.75. The molecule has 1 saturated carbocycles. The van der Waals surface area contributed by atoms with Crippen molar-refractivity contribution in [2.45, 2.75) is 44.2 Å². The molecule has 1 aromatic rings. The van der Waals surface area contributed by atoms with E-state index in [1.165, 1.54) is 13.0 Å². The fraction of sp³-hybridized carbons (Fsp3) is 0.500. The van der Waals surface area contributed by atoms with Crippen LogP contribution in [0.25, 0.3) is 0 Å². The molecule has 2 N–H and O–H groups in total. The number of rotatable bonds is 4. The number of nitrogens with one attached hydrogen (secondary N) is 1. The Labute approximate surface area is 110 Å². The normalized spacial score (nSPS) is 19.3. The molecule has 0 heterocycles. The summed E-state index contributed by atoms with van der Waals surface area (Å²) in [7, 11) is 0. The van der Waals surface area contributed by atoms with E-state index in [4.69, 9.17) is 0 Å². The van der Waals surface area contributed by atoms with Crippen molar-refractivity contribution >= 4 is 5.97 Å². The van der Waals surface area contributed by atoms with E-state index < -0.39 is 28.7 Å². The molecule has 5 heteroatoms. The van der Waals surface area contributed by atoms with Crippen LogP contribution in [0.3, 0.4) is 0 Å². The highest BCUT2D eigenvalue weighted by Gasteiger charge is 2.41. The van der Waals surface area contributed by atoms with E-state index in [-0.39, 0.29) is 6.04 Å². The van der Waals surface area contributed by atoms with Gasteiger partial charge in [-0.25, -0.2) is 13.6 Å². The van der Waals surface area contributed by atoms with Crippen LogP contribution in [0.5, 0.6) is 0 Å². The molecule has 1 aromatic carbocycles. The average Bonchev–Trinajstić information content (AvgIpc) is 2.81. The highest BCUT2D eigenvalue weighted by atomic mass is 19.1. The molecular formula is C14H17F2NO2. The first-order valence-electron chi connectivity index (χ1n) is 6.40. The van der Waals surface area contributed by atoms with E-state index in [0.717, 1.165) is 37.8 Å². The number of carboxylic acid groups (broad SMARTS) is 1.